The van der Waals surface area contributed by atoms with Crippen LogP contribution in [0.5, 0.6) is 5.75 Å². The molecule has 0 N–H and O–H groups in total. The minimum atomic E-state index is 0.0584. The molecule has 0 unspecified atom stereocenters. The fourth-order valence-corrected chi connectivity index (χ4v) is 4.52. The summed E-state index contributed by atoms with van der Waals surface area (Å²) >= 11 is 0. The third-order valence-corrected chi connectivity index (χ3v) is 6.20. The third-order valence-electron chi connectivity index (χ3n) is 6.20. The molecule has 3 heterocycles. The monoisotopic (exact) mass is 416 g/mol. The maximum atomic E-state index is 13.2. The van der Waals surface area contributed by atoms with Crippen LogP contribution in [0.2, 0.25) is 0 Å². The molecule has 31 heavy (non-hydrogen) atoms. The molecule has 160 valence electrons. The molecular weight excluding hydrogens is 388 g/mol. The molecule has 0 spiro atoms. The summed E-state index contributed by atoms with van der Waals surface area (Å²) in [5.41, 5.74) is 5.12. The molecule has 1 saturated heterocycles. The van der Waals surface area contributed by atoms with Crippen LogP contribution < -0.4 is 4.74 Å². The Bertz CT molecular complexity index is 1070. The van der Waals surface area contributed by atoms with Crippen molar-refractivity contribution in [2.75, 3.05) is 26.2 Å². The smallest absolute Gasteiger partial charge is 0.258 e. The van der Waals surface area contributed by atoms with Gasteiger partial charge in [0, 0.05) is 38.4 Å². The summed E-state index contributed by atoms with van der Waals surface area (Å²) in [5, 5.41) is 4.23. The standard InChI is InChI=1S/C25H28N4O2/c1-27-17-22(15-26-27)20-9-7-19(8-10-20)16-29-18-21-5-4-6-23(24(21)25(29)30)31-14-13-28-11-2-3-12-28/h4-10,15,17H,2-3,11-14,16,18H2,1H3. The predicted molar refractivity (Wildman–Crippen MR) is 120 cm³/mol. The summed E-state index contributed by atoms with van der Waals surface area (Å²) in [6, 6.07) is 14.3. The zero-order valence-corrected chi connectivity index (χ0v) is 18.0. The van der Waals surface area contributed by atoms with Crippen LogP contribution in [0, 0.1) is 0 Å². The molecule has 1 aromatic heterocycles. The Hall–Kier alpha value is -3.12. The van der Waals surface area contributed by atoms with Gasteiger partial charge in [0.05, 0.1) is 11.8 Å². The summed E-state index contributed by atoms with van der Waals surface area (Å²) in [6.45, 7) is 5.07. The summed E-state index contributed by atoms with van der Waals surface area (Å²) in [5.74, 6) is 0.777. The molecule has 3 aromatic rings. The fourth-order valence-electron chi connectivity index (χ4n) is 4.52. The predicted octanol–water partition coefficient (Wildman–Crippen LogP) is 3.72. The Kier molecular flexibility index (Phi) is 5.47. The Labute approximate surface area is 183 Å². The third kappa shape index (κ3) is 4.21. The van der Waals surface area contributed by atoms with Gasteiger partial charge in [0.2, 0.25) is 0 Å². The zero-order valence-electron chi connectivity index (χ0n) is 18.0. The maximum Gasteiger partial charge on any atom is 0.258 e. The number of rotatable bonds is 7. The van der Waals surface area contributed by atoms with E-state index >= 15 is 0 Å². The molecule has 2 aliphatic rings. The van der Waals surface area contributed by atoms with Crippen molar-refractivity contribution in [3.05, 3.63) is 71.5 Å². The second-order valence-electron chi connectivity index (χ2n) is 8.45. The first-order valence-corrected chi connectivity index (χ1v) is 11.0. The van der Waals surface area contributed by atoms with E-state index in [0.717, 1.165) is 53.2 Å². The largest absolute Gasteiger partial charge is 0.491 e. The lowest BCUT2D eigenvalue weighted by atomic mass is 10.1. The lowest BCUT2D eigenvalue weighted by Crippen LogP contribution is -2.26. The Morgan fingerprint density at radius 2 is 1.84 bits per heavy atom. The maximum absolute atomic E-state index is 13.2. The minimum Gasteiger partial charge on any atom is -0.491 e. The van der Waals surface area contributed by atoms with Gasteiger partial charge in [-0.1, -0.05) is 36.4 Å². The van der Waals surface area contributed by atoms with Gasteiger partial charge in [-0.15, -0.1) is 0 Å². The summed E-state index contributed by atoms with van der Waals surface area (Å²) in [7, 11) is 1.92. The van der Waals surface area contributed by atoms with E-state index in [1.807, 2.05) is 42.5 Å². The molecule has 0 aliphatic carbocycles. The van der Waals surface area contributed by atoms with Crippen LogP contribution in [0.3, 0.4) is 0 Å². The number of amides is 1. The topological polar surface area (TPSA) is 50.6 Å². The van der Waals surface area contributed by atoms with Gasteiger partial charge >= 0.3 is 0 Å². The molecule has 0 saturated carbocycles. The number of benzene rings is 2. The van der Waals surface area contributed by atoms with E-state index in [9.17, 15) is 4.79 Å². The molecule has 1 fully saturated rings. The zero-order chi connectivity index (χ0) is 21.2. The van der Waals surface area contributed by atoms with E-state index in [-0.39, 0.29) is 5.91 Å². The normalized spacial score (nSPS) is 16.2. The highest BCUT2D eigenvalue weighted by Crippen LogP contribution is 2.32. The van der Waals surface area contributed by atoms with Crippen LogP contribution in [0.1, 0.15) is 34.3 Å². The van der Waals surface area contributed by atoms with Gasteiger partial charge in [-0.3, -0.25) is 14.4 Å². The number of ether oxygens (including phenoxy) is 1. The Morgan fingerprint density at radius 1 is 1.03 bits per heavy atom. The highest BCUT2D eigenvalue weighted by atomic mass is 16.5. The van der Waals surface area contributed by atoms with Crippen molar-refractivity contribution < 1.29 is 9.53 Å². The second kappa shape index (κ2) is 8.55. The molecule has 0 bridgehead atoms. The Balaban J connectivity index is 1.24. The van der Waals surface area contributed by atoms with Crippen LogP contribution in [-0.4, -0.2) is 51.7 Å². The van der Waals surface area contributed by atoms with Gasteiger partial charge < -0.3 is 9.64 Å². The van der Waals surface area contributed by atoms with Crippen LogP contribution in [-0.2, 0) is 20.1 Å². The molecule has 0 radical (unpaired) electrons. The van der Waals surface area contributed by atoms with E-state index < -0.39 is 0 Å². The van der Waals surface area contributed by atoms with Crippen molar-refractivity contribution in [2.45, 2.75) is 25.9 Å². The number of hydrogen-bond acceptors (Lipinski definition) is 4. The van der Waals surface area contributed by atoms with Crippen molar-refractivity contribution in [2.24, 2.45) is 7.05 Å². The molecule has 5 rings (SSSR count). The lowest BCUT2D eigenvalue weighted by Gasteiger charge is -2.17. The number of likely N-dealkylation sites (tertiary alicyclic amines) is 1. The number of nitrogens with zero attached hydrogens (tertiary/aromatic N) is 4. The van der Waals surface area contributed by atoms with E-state index in [4.69, 9.17) is 4.74 Å². The van der Waals surface area contributed by atoms with Gasteiger partial charge in [0.15, 0.2) is 0 Å². The molecule has 2 aliphatic heterocycles. The number of carbonyl (C=O) groups is 1. The van der Waals surface area contributed by atoms with Crippen LogP contribution in [0.15, 0.2) is 54.9 Å². The first-order valence-electron chi connectivity index (χ1n) is 11.0. The Morgan fingerprint density at radius 3 is 2.58 bits per heavy atom. The summed E-state index contributed by atoms with van der Waals surface area (Å²) < 4.78 is 7.85. The van der Waals surface area contributed by atoms with Crippen molar-refractivity contribution in [3.63, 3.8) is 0 Å². The molecule has 1 amide bonds. The average molecular weight is 417 g/mol. The molecule has 6 heteroatoms. The van der Waals surface area contributed by atoms with Gasteiger partial charge in [-0.2, -0.15) is 5.10 Å². The van der Waals surface area contributed by atoms with Crippen molar-refractivity contribution in [3.8, 4) is 16.9 Å². The number of aromatic nitrogens is 2. The first kappa shape index (κ1) is 19.8. The molecule has 2 aromatic carbocycles. The fraction of sp³-hybridized carbons (Fsp3) is 0.360. The minimum absolute atomic E-state index is 0.0584. The summed E-state index contributed by atoms with van der Waals surface area (Å²) in [4.78, 5) is 17.5. The SMILES string of the molecule is Cn1cc(-c2ccc(CN3Cc4cccc(OCCN5CCCC5)c4C3=O)cc2)cn1. The van der Waals surface area contributed by atoms with Crippen molar-refractivity contribution in [1.82, 2.24) is 19.6 Å². The summed E-state index contributed by atoms with van der Waals surface area (Å²) in [6.07, 6.45) is 6.41. The van der Waals surface area contributed by atoms with E-state index in [1.54, 1.807) is 4.68 Å². The van der Waals surface area contributed by atoms with Gasteiger partial charge in [0.1, 0.15) is 12.4 Å². The number of hydrogen-bond donors (Lipinski definition) is 0. The molecule has 0 atom stereocenters. The average Bonchev–Trinajstić information content (AvgIpc) is 3.51. The van der Waals surface area contributed by atoms with E-state index in [0.29, 0.717) is 19.7 Å². The van der Waals surface area contributed by atoms with Gasteiger partial charge in [0.25, 0.3) is 5.91 Å². The van der Waals surface area contributed by atoms with Crippen LogP contribution >= 0.6 is 0 Å². The molecule has 6 nitrogen and oxygen atoms in total. The van der Waals surface area contributed by atoms with Gasteiger partial charge in [-0.25, -0.2) is 0 Å². The van der Waals surface area contributed by atoms with E-state index in [1.165, 1.54) is 12.8 Å². The van der Waals surface area contributed by atoms with Crippen molar-refractivity contribution in [1.29, 1.82) is 0 Å². The highest BCUT2D eigenvalue weighted by Gasteiger charge is 2.30. The number of fused-ring (bicyclic) bond motifs is 1. The van der Waals surface area contributed by atoms with Gasteiger partial charge in [-0.05, 0) is 48.7 Å². The number of aryl methyl sites for hydroxylation is 1. The van der Waals surface area contributed by atoms with E-state index in [2.05, 4.69) is 34.3 Å². The van der Waals surface area contributed by atoms with Crippen LogP contribution in [0.4, 0.5) is 0 Å². The quantitative estimate of drug-likeness (QED) is 0.589. The second-order valence-corrected chi connectivity index (χ2v) is 8.45. The lowest BCUT2D eigenvalue weighted by molar-refractivity contribution is 0.0763. The van der Waals surface area contributed by atoms with Crippen LogP contribution in [0.25, 0.3) is 11.1 Å². The van der Waals surface area contributed by atoms with Crippen molar-refractivity contribution >= 4 is 5.91 Å². The number of carbonyl (C=O) groups excluding carboxylic acids is 1. The first-order chi connectivity index (χ1) is 15.2. The highest BCUT2D eigenvalue weighted by molar-refractivity contribution is 6.01. The molecular formula is C25H28N4O2.